The Balaban J connectivity index is 1.43. The molecule has 2 aromatic rings. The van der Waals surface area contributed by atoms with Gasteiger partial charge in [-0.1, -0.05) is 30.7 Å². The van der Waals surface area contributed by atoms with Gasteiger partial charge in [-0.15, -0.1) is 0 Å². The molecule has 2 saturated heterocycles. The quantitative estimate of drug-likeness (QED) is 0.712. The van der Waals surface area contributed by atoms with Crippen molar-refractivity contribution in [1.82, 2.24) is 20.5 Å². The highest BCUT2D eigenvalue weighted by molar-refractivity contribution is 7.98. The molecule has 2 fully saturated rings. The van der Waals surface area contributed by atoms with E-state index in [1.165, 1.54) is 12.8 Å². The number of nitrogens with zero attached hydrogens (tertiary/aromatic N) is 2. The van der Waals surface area contributed by atoms with Crippen molar-refractivity contribution in [3.63, 3.8) is 0 Å². The van der Waals surface area contributed by atoms with Crippen LogP contribution < -0.4 is 10.6 Å². The Morgan fingerprint density at radius 2 is 2.03 bits per heavy atom. The molecule has 3 heterocycles. The second-order valence-electron chi connectivity index (χ2n) is 8.20. The number of rotatable bonds is 7. The molecule has 0 aliphatic carbocycles. The molecule has 2 N–H and O–H groups in total. The maximum absolute atomic E-state index is 13.1. The lowest BCUT2D eigenvalue weighted by Crippen LogP contribution is -2.53. The number of carbonyl (C=O) groups excluding carboxylic acids is 2. The van der Waals surface area contributed by atoms with E-state index in [1.54, 1.807) is 17.8 Å². The number of benzene rings is 1. The first-order valence-electron chi connectivity index (χ1n) is 10.9. The fourth-order valence-corrected chi connectivity index (χ4v) is 5.10. The third kappa shape index (κ3) is 4.78. The van der Waals surface area contributed by atoms with Crippen LogP contribution in [0.2, 0.25) is 0 Å². The lowest BCUT2D eigenvalue weighted by Gasteiger charge is -2.33. The molecular formula is C23H30N4O2S. The van der Waals surface area contributed by atoms with Gasteiger partial charge in [0, 0.05) is 24.0 Å². The van der Waals surface area contributed by atoms with Crippen LogP contribution in [0.5, 0.6) is 0 Å². The summed E-state index contributed by atoms with van der Waals surface area (Å²) in [7, 11) is 0. The zero-order valence-electron chi connectivity index (χ0n) is 17.5. The molecule has 30 heavy (non-hydrogen) atoms. The van der Waals surface area contributed by atoms with Gasteiger partial charge in [-0.25, -0.2) is 4.98 Å². The van der Waals surface area contributed by atoms with Crippen LogP contribution in [-0.4, -0.2) is 64.9 Å². The first kappa shape index (κ1) is 21.1. The van der Waals surface area contributed by atoms with Crippen LogP contribution in [0.4, 0.5) is 0 Å². The van der Waals surface area contributed by atoms with Crippen molar-refractivity contribution in [1.29, 1.82) is 0 Å². The fraction of sp³-hybridized carbons (Fsp3) is 0.522. The van der Waals surface area contributed by atoms with Crippen molar-refractivity contribution < 1.29 is 9.59 Å². The maximum atomic E-state index is 13.1. The van der Waals surface area contributed by atoms with Crippen LogP contribution in [0.1, 0.15) is 42.6 Å². The SMILES string of the molecule is CSCC[C@H](NC(=O)c1ccc2ccccc2n1)C(=O)N[C@@H]1CCN2CCCC[C@H]12. The number of nitrogens with one attached hydrogen (secondary N) is 2. The zero-order chi connectivity index (χ0) is 20.9. The Hall–Kier alpha value is -2.12. The monoisotopic (exact) mass is 426 g/mol. The van der Waals surface area contributed by atoms with Gasteiger partial charge in [-0.2, -0.15) is 11.8 Å². The summed E-state index contributed by atoms with van der Waals surface area (Å²) in [6.45, 7) is 2.19. The second kappa shape index (κ2) is 9.79. The molecule has 4 rings (SSSR count). The number of piperidine rings is 1. The first-order chi connectivity index (χ1) is 14.7. The number of amides is 2. The Kier molecular flexibility index (Phi) is 6.89. The van der Waals surface area contributed by atoms with E-state index in [-0.39, 0.29) is 17.9 Å². The fourth-order valence-electron chi connectivity index (χ4n) is 4.63. The minimum Gasteiger partial charge on any atom is -0.350 e. The molecule has 1 aromatic carbocycles. The van der Waals surface area contributed by atoms with Crippen LogP contribution >= 0.6 is 11.8 Å². The van der Waals surface area contributed by atoms with Gasteiger partial charge in [0.15, 0.2) is 0 Å². The van der Waals surface area contributed by atoms with E-state index in [0.29, 0.717) is 18.2 Å². The molecule has 0 saturated carbocycles. The predicted molar refractivity (Wildman–Crippen MR) is 122 cm³/mol. The van der Waals surface area contributed by atoms with Gasteiger partial charge in [0.2, 0.25) is 5.91 Å². The second-order valence-corrected chi connectivity index (χ2v) is 9.19. The van der Waals surface area contributed by atoms with Gasteiger partial charge < -0.3 is 10.6 Å². The van der Waals surface area contributed by atoms with Crippen LogP contribution in [0.25, 0.3) is 10.9 Å². The number of fused-ring (bicyclic) bond motifs is 2. The topological polar surface area (TPSA) is 74.3 Å². The molecule has 3 atom stereocenters. The number of thioether (sulfide) groups is 1. The Bertz CT molecular complexity index is 906. The third-order valence-electron chi connectivity index (χ3n) is 6.25. The molecule has 0 unspecified atom stereocenters. The third-order valence-corrected chi connectivity index (χ3v) is 6.89. The van der Waals surface area contributed by atoms with Crippen LogP contribution in [0.15, 0.2) is 36.4 Å². The summed E-state index contributed by atoms with van der Waals surface area (Å²) < 4.78 is 0. The number of aromatic nitrogens is 1. The van der Waals surface area contributed by atoms with Gasteiger partial charge in [0.05, 0.1) is 5.52 Å². The summed E-state index contributed by atoms with van der Waals surface area (Å²) >= 11 is 1.68. The Morgan fingerprint density at radius 3 is 2.90 bits per heavy atom. The first-order valence-corrected chi connectivity index (χ1v) is 12.2. The summed E-state index contributed by atoms with van der Waals surface area (Å²) in [4.78, 5) is 32.9. The molecule has 1 aromatic heterocycles. The molecule has 2 amide bonds. The van der Waals surface area contributed by atoms with Gasteiger partial charge in [-0.3, -0.25) is 14.5 Å². The van der Waals surface area contributed by atoms with Crippen molar-refractivity contribution >= 4 is 34.5 Å². The van der Waals surface area contributed by atoms with Crippen LogP contribution in [0, 0.1) is 0 Å². The highest BCUT2D eigenvalue weighted by Gasteiger charge is 2.37. The highest BCUT2D eigenvalue weighted by Crippen LogP contribution is 2.27. The number of hydrogen-bond donors (Lipinski definition) is 2. The number of pyridine rings is 1. The van der Waals surface area contributed by atoms with Crippen molar-refractivity contribution in [2.45, 2.75) is 50.2 Å². The number of para-hydroxylation sites is 1. The molecule has 7 heteroatoms. The van der Waals surface area contributed by atoms with Gasteiger partial charge >= 0.3 is 0 Å². The van der Waals surface area contributed by atoms with Crippen molar-refractivity contribution in [2.75, 3.05) is 25.1 Å². The molecular weight excluding hydrogens is 396 g/mol. The van der Waals surface area contributed by atoms with Gasteiger partial charge in [0.1, 0.15) is 11.7 Å². The number of carbonyl (C=O) groups is 2. The Labute approximate surface area is 182 Å². The highest BCUT2D eigenvalue weighted by atomic mass is 32.2. The van der Waals surface area contributed by atoms with Crippen molar-refractivity contribution in [3.8, 4) is 0 Å². The van der Waals surface area contributed by atoms with E-state index in [0.717, 1.165) is 42.6 Å². The largest absolute Gasteiger partial charge is 0.350 e. The average molecular weight is 427 g/mol. The van der Waals surface area contributed by atoms with E-state index in [4.69, 9.17) is 0 Å². The van der Waals surface area contributed by atoms with E-state index in [9.17, 15) is 9.59 Å². The molecule has 2 aliphatic rings. The smallest absolute Gasteiger partial charge is 0.270 e. The van der Waals surface area contributed by atoms with Crippen molar-refractivity contribution in [2.24, 2.45) is 0 Å². The average Bonchev–Trinajstić information content (AvgIpc) is 3.18. The van der Waals surface area contributed by atoms with Crippen molar-refractivity contribution in [3.05, 3.63) is 42.1 Å². The van der Waals surface area contributed by atoms with Gasteiger partial charge in [-0.05, 0) is 56.4 Å². The summed E-state index contributed by atoms with van der Waals surface area (Å²) in [6.07, 6.45) is 7.24. The van der Waals surface area contributed by atoms with Gasteiger partial charge in [0.25, 0.3) is 5.91 Å². The molecule has 6 nitrogen and oxygen atoms in total. The maximum Gasteiger partial charge on any atom is 0.270 e. The predicted octanol–water partition coefficient (Wildman–Crippen LogP) is 2.83. The summed E-state index contributed by atoms with van der Waals surface area (Å²) in [5, 5.41) is 7.18. The summed E-state index contributed by atoms with van der Waals surface area (Å²) in [6, 6.07) is 11.4. The normalized spacial score (nSPS) is 22.4. The molecule has 0 radical (unpaired) electrons. The molecule has 0 bridgehead atoms. The van der Waals surface area contributed by atoms with E-state index in [2.05, 4.69) is 20.5 Å². The molecule has 0 spiro atoms. The van der Waals surface area contributed by atoms with Crippen LogP contribution in [-0.2, 0) is 4.79 Å². The van der Waals surface area contributed by atoms with Crippen LogP contribution in [0.3, 0.4) is 0 Å². The van der Waals surface area contributed by atoms with E-state index < -0.39 is 6.04 Å². The van der Waals surface area contributed by atoms with E-state index in [1.807, 2.05) is 36.6 Å². The minimum absolute atomic E-state index is 0.0735. The lowest BCUT2D eigenvalue weighted by atomic mass is 9.98. The minimum atomic E-state index is -0.545. The summed E-state index contributed by atoms with van der Waals surface area (Å²) in [5.41, 5.74) is 1.12. The molecule has 2 aliphatic heterocycles. The molecule has 160 valence electrons. The summed E-state index contributed by atoms with van der Waals surface area (Å²) in [5.74, 6) is 0.437. The van der Waals surface area contributed by atoms with E-state index >= 15 is 0 Å². The Morgan fingerprint density at radius 1 is 1.17 bits per heavy atom. The number of hydrogen-bond acceptors (Lipinski definition) is 5. The lowest BCUT2D eigenvalue weighted by molar-refractivity contribution is -0.124. The zero-order valence-corrected chi connectivity index (χ0v) is 18.3. The standard InChI is InChI=1S/C23H30N4O2S/c1-30-15-12-20(23(29)25-18-11-14-27-13-5-4-8-21(18)27)26-22(28)19-10-9-16-6-2-3-7-17(16)24-19/h2-3,6-7,9-10,18,20-21H,4-5,8,11-15H2,1H3,(H,25,29)(H,26,28)/t18-,20+,21-/m1/s1.